The maximum atomic E-state index is 13.7. The van der Waals surface area contributed by atoms with Gasteiger partial charge in [0.25, 0.3) is 0 Å². The molecular formula is C15H14ClFO. The van der Waals surface area contributed by atoms with E-state index in [4.69, 9.17) is 11.6 Å². The second kappa shape index (κ2) is 5.51. The van der Waals surface area contributed by atoms with Crippen molar-refractivity contribution in [1.29, 1.82) is 0 Å². The number of benzene rings is 2. The Morgan fingerprint density at radius 2 is 1.89 bits per heavy atom. The summed E-state index contributed by atoms with van der Waals surface area (Å²) in [6, 6.07) is 12.4. The van der Waals surface area contributed by atoms with Crippen LogP contribution in [0.2, 0.25) is 5.02 Å². The molecule has 0 saturated heterocycles. The Balaban J connectivity index is 2.24. The van der Waals surface area contributed by atoms with Crippen LogP contribution < -0.4 is 0 Å². The third kappa shape index (κ3) is 2.89. The van der Waals surface area contributed by atoms with Crippen LogP contribution in [0.5, 0.6) is 0 Å². The number of halogens is 2. The molecule has 0 bridgehead atoms. The molecular weight excluding hydrogens is 251 g/mol. The quantitative estimate of drug-likeness (QED) is 0.886. The number of aliphatic hydroxyl groups is 1. The monoisotopic (exact) mass is 264 g/mol. The highest BCUT2D eigenvalue weighted by atomic mass is 35.5. The molecule has 0 aromatic heterocycles. The summed E-state index contributed by atoms with van der Waals surface area (Å²) in [6.07, 6.45) is -0.470. The fourth-order valence-electron chi connectivity index (χ4n) is 1.88. The molecule has 1 unspecified atom stereocenters. The van der Waals surface area contributed by atoms with Crippen molar-refractivity contribution in [1.82, 2.24) is 0 Å². The van der Waals surface area contributed by atoms with Gasteiger partial charge in [0.05, 0.1) is 6.10 Å². The first-order valence-electron chi connectivity index (χ1n) is 5.75. The van der Waals surface area contributed by atoms with Crippen LogP contribution in [0, 0.1) is 12.7 Å². The Bertz CT molecular complexity index is 540. The van der Waals surface area contributed by atoms with E-state index < -0.39 is 11.9 Å². The van der Waals surface area contributed by atoms with Crippen molar-refractivity contribution in [2.75, 3.05) is 0 Å². The summed E-state index contributed by atoms with van der Waals surface area (Å²) in [5, 5.41) is 10.5. The zero-order chi connectivity index (χ0) is 13.1. The van der Waals surface area contributed by atoms with E-state index in [0.717, 1.165) is 11.1 Å². The van der Waals surface area contributed by atoms with Gasteiger partial charge in [-0.05, 0) is 30.2 Å². The molecule has 0 heterocycles. The first kappa shape index (κ1) is 13.1. The summed E-state index contributed by atoms with van der Waals surface area (Å²) in [5.74, 6) is -0.464. The molecule has 0 aliphatic carbocycles. The van der Waals surface area contributed by atoms with Gasteiger partial charge in [0.2, 0.25) is 0 Å². The van der Waals surface area contributed by atoms with E-state index >= 15 is 0 Å². The van der Waals surface area contributed by atoms with Crippen molar-refractivity contribution >= 4 is 11.6 Å². The van der Waals surface area contributed by atoms with Gasteiger partial charge in [-0.15, -0.1) is 0 Å². The lowest BCUT2D eigenvalue weighted by Gasteiger charge is -2.13. The van der Waals surface area contributed by atoms with Crippen molar-refractivity contribution in [3.8, 4) is 0 Å². The summed E-state index contributed by atoms with van der Waals surface area (Å²) in [4.78, 5) is 0. The van der Waals surface area contributed by atoms with Crippen molar-refractivity contribution in [3.05, 3.63) is 70.0 Å². The Hall–Kier alpha value is -1.38. The molecule has 94 valence electrons. The summed E-state index contributed by atoms with van der Waals surface area (Å²) < 4.78 is 13.7. The van der Waals surface area contributed by atoms with Gasteiger partial charge < -0.3 is 5.11 Å². The van der Waals surface area contributed by atoms with E-state index in [1.54, 1.807) is 13.0 Å². The third-order valence-electron chi connectivity index (χ3n) is 2.91. The largest absolute Gasteiger partial charge is 0.388 e. The molecule has 18 heavy (non-hydrogen) atoms. The molecule has 0 fully saturated rings. The number of aryl methyl sites for hydroxylation is 1. The zero-order valence-electron chi connectivity index (χ0n) is 10.0. The fraction of sp³-hybridized carbons (Fsp3) is 0.200. The molecule has 0 saturated carbocycles. The second-order valence-electron chi connectivity index (χ2n) is 4.33. The molecule has 2 aromatic carbocycles. The minimum Gasteiger partial charge on any atom is -0.388 e. The van der Waals surface area contributed by atoms with Gasteiger partial charge in [0.1, 0.15) is 5.82 Å². The summed E-state index contributed by atoms with van der Waals surface area (Å²) in [5.41, 5.74) is 2.03. The summed E-state index contributed by atoms with van der Waals surface area (Å²) >= 11 is 5.83. The standard InChI is InChI=1S/C15H14ClFO/c1-10-7-12(14(17)9-13(10)16)15(18)8-11-5-3-2-4-6-11/h2-7,9,15,18H,8H2,1H3. The van der Waals surface area contributed by atoms with Crippen molar-refractivity contribution in [2.24, 2.45) is 0 Å². The topological polar surface area (TPSA) is 20.2 Å². The van der Waals surface area contributed by atoms with E-state index in [0.29, 0.717) is 17.0 Å². The molecule has 1 nitrogen and oxygen atoms in total. The lowest BCUT2D eigenvalue weighted by molar-refractivity contribution is 0.173. The first-order valence-corrected chi connectivity index (χ1v) is 6.13. The average Bonchev–Trinajstić information content (AvgIpc) is 2.35. The molecule has 0 aliphatic rings. The lowest BCUT2D eigenvalue weighted by atomic mass is 9.99. The fourth-order valence-corrected chi connectivity index (χ4v) is 2.03. The summed E-state index contributed by atoms with van der Waals surface area (Å²) in [6.45, 7) is 1.79. The lowest BCUT2D eigenvalue weighted by Crippen LogP contribution is -2.05. The smallest absolute Gasteiger partial charge is 0.130 e. The van der Waals surface area contributed by atoms with Gasteiger partial charge in [-0.25, -0.2) is 4.39 Å². The van der Waals surface area contributed by atoms with Gasteiger partial charge in [0.15, 0.2) is 0 Å². The van der Waals surface area contributed by atoms with Crippen LogP contribution in [-0.4, -0.2) is 5.11 Å². The van der Waals surface area contributed by atoms with Gasteiger partial charge in [-0.1, -0.05) is 41.9 Å². The summed E-state index contributed by atoms with van der Waals surface area (Å²) in [7, 11) is 0. The average molecular weight is 265 g/mol. The highest BCUT2D eigenvalue weighted by Gasteiger charge is 2.15. The van der Waals surface area contributed by atoms with E-state index in [2.05, 4.69) is 0 Å². The normalized spacial score (nSPS) is 12.4. The Labute approximate surface area is 111 Å². The number of hydrogen-bond acceptors (Lipinski definition) is 1. The van der Waals surface area contributed by atoms with Crippen LogP contribution in [0.1, 0.15) is 22.8 Å². The molecule has 1 atom stereocenters. The number of rotatable bonds is 3. The minimum atomic E-state index is -0.858. The van der Waals surface area contributed by atoms with E-state index in [1.807, 2.05) is 30.3 Å². The van der Waals surface area contributed by atoms with Crippen molar-refractivity contribution in [3.63, 3.8) is 0 Å². The van der Waals surface area contributed by atoms with Gasteiger partial charge in [-0.2, -0.15) is 0 Å². The van der Waals surface area contributed by atoms with Crippen LogP contribution in [0.15, 0.2) is 42.5 Å². The maximum Gasteiger partial charge on any atom is 0.130 e. The molecule has 0 spiro atoms. The van der Waals surface area contributed by atoms with Crippen molar-refractivity contribution < 1.29 is 9.50 Å². The number of hydrogen-bond donors (Lipinski definition) is 1. The molecule has 0 amide bonds. The van der Waals surface area contributed by atoms with Crippen LogP contribution in [-0.2, 0) is 6.42 Å². The predicted octanol–water partition coefficient (Wildman–Crippen LogP) is 4.06. The zero-order valence-corrected chi connectivity index (χ0v) is 10.8. The van der Waals surface area contributed by atoms with E-state index in [1.165, 1.54) is 6.07 Å². The Morgan fingerprint density at radius 3 is 2.56 bits per heavy atom. The highest BCUT2D eigenvalue weighted by Crippen LogP contribution is 2.26. The number of aliphatic hydroxyl groups excluding tert-OH is 1. The van der Waals surface area contributed by atoms with E-state index in [9.17, 15) is 9.50 Å². The second-order valence-corrected chi connectivity index (χ2v) is 4.74. The molecule has 0 aliphatic heterocycles. The van der Waals surface area contributed by atoms with Gasteiger partial charge in [-0.3, -0.25) is 0 Å². The van der Waals surface area contributed by atoms with Crippen LogP contribution in [0.25, 0.3) is 0 Å². The molecule has 2 rings (SSSR count). The first-order chi connectivity index (χ1) is 8.58. The molecule has 2 aromatic rings. The predicted molar refractivity (Wildman–Crippen MR) is 71.3 cm³/mol. The van der Waals surface area contributed by atoms with Crippen LogP contribution in [0.3, 0.4) is 0 Å². The molecule has 3 heteroatoms. The Morgan fingerprint density at radius 1 is 1.22 bits per heavy atom. The van der Waals surface area contributed by atoms with Gasteiger partial charge >= 0.3 is 0 Å². The Kier molecular flexibility index (Phi) is 4.00. The van der Waals surface area contributed by atoms with E-state index in [-0.39, 0.29) is 0 Å². The maximum absolute atomic E-state index is 13.7. The molecule has 0 radical (unpaired) electrons. The van der Waals surface area contributed by atoms with Crippen LogP contribution in [0.4, 0.5) is 4.39 Å². The SMILES string of the molecule is Cc1cc(C(O)Cc2ccccc2)c(F)cc1Cl. The minimum absolute atomic E-state index is 0.292. The van der Waals surface area contributed by atoms with Gasteiger partial charge in [0, 0.05) is 17.0 Å². The highest BCUT2D eigenvalue weighted by molar-refractivity contribution is 6.31. The van der Waals surface area contributed by atoms with Crippen LogP contribution >= 0.6 is 11.6 Å². The third-order valence-corrected chi connectivity index (χ3v) is 3.32. The molecule has 1 N–H and O–H groups in total. The van der Waals surface area contributed by atoms with Crippen molar-refractivity contribution in [2.45, 2.75) is 19.4 Å².